The van der Waals surface area contributed by atoms with Crippen molar-refractivity contribution in [1.29, 1.82) is 0 Å². The highest BCUT2D eigenvalue weighted by molar-refractivity contribution is 14.2. The Kier molecular flexibility index (Phi) is 27.3. The van der Waals surface area contributed by atoms with E-state index in [1.807, 2.05) is 49.7 Å². The maximum atomic E-state index is 9.46. The average molecular weight is 1150 g/mol. The standard InChI is InChI=1S/C30H48I2N2O2P2S2.2C10H14O/c1-9-13-26(33(31)40-38-36-29-21-24(6)16-18-27(29)22(3)4)14-11-12-19-30(7,8)34(39-32)37-35-28-20-23(5)15-17-25(28)10-2;2*1-7(2)9-5-4-8(3)6-10(9)11/h15-18,20-22,26,37-38H,9-14,19H2,1-8H3;2*4-7,11H,1-3H3. The summed E-state index contributed by atoms with van der Waals surface area (Å²) in [7, 11) is 2.43. The molecule has 6 nitrogen and oxygen atoms in total. The van der Waals surface area contributed by atoms with Crippen LogP contribution in [0.4, 0.5) is 0 Å². The van der Waals surface area contributed by atoms with Crippen molar-refractivity contribution in [3.8, 4) is 23.0 Å². The van der Waals surface area contributed by atoms with Gasteiger partial charge in [-0.2, -0.15) is 6.59 Å². The zero-order valence-corrected chi connectivity index (χ0v) is 47.8. The summed E-state index contributed by atoms with van der Waals surface area (Å²) in [5.74, 6) is 4.16. The number of phenols is 2. The third kappa shape index (κ3) is 20.3. The summed E-state index contributed by atoms with van der Waals surface area (Å²) in [5, 5.41) is 18.9. The summed E-state index contributed by atoms with van der Waals surface area (Å²) in [6.07, 6.45) is 8.21. The molecule has 12 heteroatoms. The fourth-order valence-corrected chi connectivity index (χ4v) is 13.4. The lowest BCUT2D eigenvalue weighted by Gasteiger charge is -2.35. The Morgan fingerprint density at radius 2 is 1.15 bits per heavy atom. The summed E-state index contributed by atoms with van der Waals surface area (Å²) in [6.45, 7) is 30.2. The summed E-state index contributed by atoms with van der Waals surface area (Å²) >= 11 is 6.73. The van der Waals surface area contributed by atoms with Crippen molar-refractivity contribution in [2.24, 2.45) is 0 Å². The molecule has 0 amide bonds. The number of hydrogen-bond acceptors (Lipinski definition) is 8. The van der Waals surface area contributed by atoms with Crippen LogP contribution in [-0.4, -0.2) is 28.4 Å². The zero-order chi connectivity index (χ0) is 46.6. The predicted molar refractivity (Wildman–Crippen MR) is 296 cm³/mol. The largest absolute Gasteiger partial charge is 0.508 e. The molecule has 0 saturated heterocycles. The smallest absolute Gasteiger partial charge is 0.160 e. The first-order valence-corrected chi connectivity index (χ1v) is 29.6. The molecule has 346 valence electrons. The molecular weight excluding hydrogens is 1070 g/mol. The number of hydrogen-bond donors (Lipinski definition) is 2. The topological polar surface area (TPSA) is 65.4 Å². The quantitative estimate of drug-likeness (QED) is 0.0281. The molecule has 0 bridgehead atoms. The van der Waals surface area contributed by atoms with Gasteiger partial charge in [0.2, 0.25) is 0 Å². The van der Waals surface area contributed by atoms with Crippen molar-refractivity contribution in [3.63, 3.8) is 0 Å². The highest BCUT2D eigenvalue weighted by atomic mass is 127. The van der Waals surface area contributed by atoms with E-state index < -0.39 is 0 Å². The monoisotopic (exact) mass is 1150 g/mol. The number of aromatic hydroxyl groups is 2. The zero-order valence-electron chi connectivity index (χ0n) is 39.9. The first-order chi connectivity index (χ1) is 29.2. The van der Waals surface area contributed by atoms with Crippen LogP contribution >= 0.6 is 81.7 Å². The lowest BCUT2D eigenvalue weighted by atomic mass is 9.96. The number of rotatable bonds is 21. The fourth-order valence-electron chi connectivity index (χ4n) is 6.75. The molecule has 0 heterocycles. The third-order valence-electron chi connectivity index (χ3n) is 10.6. The van der Waals surface area contributed by atoms with Gasteiger partial charge in [-0.1, -0.05) is 123 Å². The Hall–Kier alpha value is -0.980. The summed E-state index contributed by atoms with van der Waals surface area (Å²) in [4.78, 5) is 0. The predicted octanol–water partition coefficient (Wildman–Crippen LogP) is 18.2. The van der Waals surface area contributed by atoms with Crippen molar-refractivity contribution in [2.45, 2.75) is 171 Å². The summed E-state index contributed by atoms with van der Waals surface area (Å²) in [6, 6.07) is 25.3. The summed E-state index contributed by atoms with van der Waals surface area (Å²) in [5.41, 5.74) is 9.39. The molecule has 0 fully saturated rings. The first-order valence-electron chi connectivity index (χ1n) is 22.1. The van der Waals surface area contributed by atoms with Gasteiger partial charge >= 0.3 is 0 Å². The minimum Gasteiger partial charge on any atom is -0.508 e. The van der Waals surface area contributed by atoms with Crippen LogP contribution in [0.15, 0.2) is 72.8 Å². The van der Waals surface area contributed by atoms with Crippen molar-refractivity contribution in [1.82, 2.24) is 6.59 Å². The second kappa shape index (κ2) is 29.6. The molecule has 4 aromatic rings. The van der Waals surface area contributed by atoms with E-state index >= 15 is 0 Å². The molecule has 0 spiro atoms. The van der Waals surface area contributed by atoms with E-state index in [1.165, 1.54) is 54.4 Å². The van der Waals surface area contributed by atoms with Crippen LogP contribution in [0.25, 0.3) is 0 Å². The fraction of sp³-hybridized carbons (Fsp3) is 0.520. The van der Waals surface area contributed by atoms with E-state index in [1.54, 1.807) is 21.3 Å². The molecule has 0 aliphatic heterocycles. The normalized spacial score (nSPS) is 12.5. The molecule has 0 saturated carbocycles. The van der Waals surface area contributed by atoms with Gasteiger partial charge in [0, 0.05) is 64.8 Å². The number of benzene rings is 4. The van der Waals surface area contributed by atoms with Gasteiger partial charge in [-0.05, 0) is 165 Å². The van der Waals surface area contributed by atoms with E-state index in [0.29, 0.717) is 52.3 Å². The SMILES string of the molecule is CCCC(CCCCC(C)(C)N(POc1cc(C)ccc1CC)SI)N(I)SPOc1cc(C)ccc1C(C)C.Cc1ccc(C(C)C)c(O)c1.Cc1ccc(C(C)C)c(O)c1. The Balaban J connectivity index is 0.000000482. The Morgan fingerprint density at radius 3 is 1.61 bits per heavy atom. The van der Waals surface area contributed by atoms with Gasteiger partial charge in [0.05, 0.1) is 0 Å². The molecule has 2 N–H and O–H groups in total. The van der Waals surface area contributed by atoms with Crippen LogP contribution in [-0.2, 0) is 6.42 Å². The maximum Gasteiger partial charge on any atom is 0.160 e. The van der Waals surface area contributed by atoms with Gasteiger partial charge in [-0.15, -0.1) is 0 Å². The number of halogens is 2. The Labute approximate surface area is 415 Å². The first kappa shape index (κ1) is 57.1. The van der Waals surface area contributed by atoms with Gasteiger partial charge in [-0.3, -0.25) is 0 Å². The molecule has 0 radical (unpaired) electrons. The maximum absolute atomic E-state index is 9.46. The van der Waals surface area contributed by atoms with Crippen LogP contribution < -0.4 is 9.05 Å². The minimum atomic E-state index is 0.0661. The molecular formula is C50H76I2N2O4P2S2. The van der Waals surface area contributed by atoms with Crippen LogP contribution in [0.2, 0.25) is 0 Å². The molecule has 3 atom stereocenters. The molecule has 62 heavy (non-hydrogen) atoms. The highest BCUT2D eigenvalue weighted by Crippen LogP contribution is 2.45. The van der Waals surface area contributed by atoms with E-state index in [0.717, 1.165) is 46.6 Å². The van der Waals surface area contributed by atoms with Crippen LogP contribution in [0.1, 0.15) is 170 Å². The van der Waals surface area contributed by atoms with Crippen molar-refractivity contribution >= 4 is 81.7 Å². The van der Waals surface area contributed by atoms with E-state index in [2.05, 4.69) is 170 Å². The molecule has 0 aliphatic carbocycles. The van der Waals surface area contributed by atoms with Gasteiger partial charge in [0.1, 0.15) is 31.0 Å². The van der Waals surface area contributed by atoms with Gasteiger partial charge < -0.3 is 19.3 Å². The lowest BCUT2D eigenvalue weighted by molar-refractivity contribution is 0.312. The second-order valence-corrected chi connectivity index (χ2v) is 24.2. The van der Waals surface area contributed by atoms with Crippen LogP contribution in [0, 0.1) is 27.7 Å². The second-order valence-electron chi connectivity index (χ2n) is 17.7. The molecule has 0 aliphatic rings. The van der Waals surface area contributed by atoms with Gasteiger partial charge in [-0.25, -0.2) is 0 Å². The number of unbranched alkanes of at least 4 members (excludes halogenated alkanes) is 1. The lowest BCUT2D eigenvalue weighted by Crippen LogP contribution is -2.33. The number of nitrogens with zero attached hydrogens (tertiary/aromatic N) is 2. The van der Waals surface area contributed by atoms with Crippen molar-refractivity contribution in [2.75, 3.05) is 0 Å². The molecule has 0 aromatic heterocycles. The van der Waals surface area contributed by atoms with Gasteiger partial charge in [0.25, 0.3) is 0 Å². The number of aryl methyl sites for hydroxylation is 5. The Bertz CT molecular complexity index is 1860. The van der Waals surface area contributed by atoms with E-state index in [9.17, 15) is 10.2 Å². The van der Waals surface area contributed by atoms with Crippen molar-refractivity contribution in [3.05, 3.63) is 117 Å². The highest BCUT2D eigenvalue weighted by Gasteiger charge is 2.28. The van der Waals surface area contributed by atoms with Crippen LogP contribution in [0.3, 0.4) is 0 Å². The summed E-state index contributed by atoms with van der Waals surface area (Å²) < 4.78 is 17.5. The molecule has 4 rings (SSSR count). The number of phenolic OH excluding ortho intramolecular Hbond substituents is 2. The molecule has 3 unspecified atom stereocenters. The van der Waals surface area contributed by atoms with Gasteiger partial charge in [0.15, 0.2) is 8.96 Å². The average Bonchev–Trinajstić information content (AvgIpc) is 3.19. The molecule has 4 aromatic carbocycles. The Morgan fingerprint density at radius 1 is 0.661 bits per heavy atom. The van der Waals surface area contributed by atoms with Crippen LogP contribution in [0.5, 0.6) is 23.0 Å². The third-order valence-corrected chi connectivity index (χ3v) is 19.5. The minimum absolute atomic E-state index is 0.0661. The van der Waals surface area contributed by atoms with E-state index in [-0.39, 0.29) is 5.54 Å². The van der Waals surface area contributed by atoms with Crippen molar-refractivity contribution < 1.29 is 19.3 Å². The van der Waals surface area contributed by atoms with E-state index in [4.69, 9.17) is 9.05 Å².